The van der Waals surface area contributed by atoms with Gasteiger partial charge in [-0.2, -0.15) is 0 Å². The van der Waals surface area contributed by atoms with Crippen molar-refractivity contribution >= 4 is 44.3 Å². The summed E-state index contributed by atoms with van der Waals surface area (Å²) in [6, 6.07) is 16.2. The van der Waals surface area contributed by atoms with Gasteiger partial charge in [-0.05, 0) is 0 Å². The zero-order valence-corrected chi connectivity index (χ0v) is 13.7. The minimum atomic E-state index is -0.479. The molecule has 0 saturated carbocycles. The van der Waals surface area contributed by atoms with Crippen LogP contribution in [0.5, 0.6) is 0 Å². The first-order valence-corrected chi connectivity index (χ1v) is 10.2. The maximum atomic E-state index is 6.14. The van der Waals surface area contributed by atoms with Crippen molar-refractivity contribution in [3.8, 4) is 0 Å². The van der Waals surface area contributed by atoms with E-state index in [0.717, 1.165) is 18.9 Å². The third-order valence-corrected chi connectivity index (χ3v) is 6.89. The van der Waals surface area contributed by atoms with Crippen LogP contribution >= 0.6 is 23.2 Å². The van der Waals surface area contributed by atoms with Crippen molar-refractivity contribution in [2.75, 3.05) is 0 Å². The van der Waals surface area contributed by atoms with Gasteiger partial charge in [0.25, 0.3) is 0 Å². The van der Waals surface area contributed by atoms with Crippen LogP contribution in [-0.4, -0.2) is 21.1 Å². The van der Waals surface area contributed by atoms with Crippen LogP contribution in [0.15, 0.2) is 48.5 Å². The van der Waals surface area contributed by atoms with Crippen molar-refractivity contribution < 1.29 is 0 Å². The third-order valence-electron chi connectivity index (χ3n) is 2.55. The van der Waals surface area contributed by atoms with Gasteiger partial charge in [0, 0.05) is 0 Å². The van der Waals surface area contributed by atoms with Crippen molar-refractivity contribution in [3.05, 3.63) is 69.7 Å². The van der Waals surface area contributed by atoms with E-state index in [9.17, 15) is 0 Å². The molecule has 0 atom stereocenters. The van der Waals surface area contributed by atoms with Crippen molar-refractivity contribution in [2.45, 2.75) is 8.87 Å². The summed E-state index contributed by atoms with van der Waals surface area (Å²) in [5, 5.41) is 1.79. The summed E-state index contributed by atoms with van der Waals surface area (Å²) in [6.07, 6.45) is 0. The average Bonchev–Trinajstić information content (AvgIpc) is 2.34. The van der Waals surface area contributed by atoms with Crippen LogP contribution in [-0.2, 0) is 8.87 Å². The Kier molecular flexibility index (Phi) is 5.20. The van der Waals surface area contributed by atoms with Crippen LogP contribution in [0.1, 0.15) is 11.1 Å². The minimum absolute atomic E-state index is 0.479. The van der Waals surface area contributed by atoms with Crippen molar-refractivity contribution in [2.24, 2.45) is 0 Å². The molecule has 0 amide bonds. The third kappa shape index (κ3) is 3.90. The molecule has 0 heterocycles. The Morgan fingerprint density at radius 2 is 1.12 bits per heavy atom. The van der Waals surface area contributed by atoms with Gasteiger partial charge in [0.05, 0.1) is 0 Å². The van der Waals surface area contributed by atoms with Gasteiger partial charge >= 0.3 is 123 Å². The Bertz CT molecular complexity index is 452. The molecule has 0 nitrogen and oxygen atoms in total. The van der Waals surface area contributed by atoms with E-state index in [2.05, 4.69) is 24.3 Å². The number of hydrogen-bond acceptors (Lipinski definition) is 0. The summed E-state index contributed by atoms with van der Waals surface area (Å²) in [6.45, 7) is 0. The Morgan fingerprint density at radius 3 is 1.53 bits per heavy atom. The molecule has 3 heteroatoms. The summed E-state index contributed by atoms with van der Waals surface area (Å²) in [5.41, 5.74) is 2.57. The zero-order valence-electron chi connectivity index (χ0n) is 9.29. The van der Waals surface area contributed by atoms with Crippen LogP contribution in [0.4, 0.5) is 0 Å². The number of benzene rings is 2. The normalized spacial score (nSPS) is 10.0. The van der Waals surface area contributed by atoms with Crippen molar-refractivity contribution in [1.82, 2.24) is 0 Å². The zero-order chi connectivity index (χ0) is 12.1. The van der Waals surface area contributed by atoms with E-state index in [0.29, 0.717) is 0 Å². The number of rotatable bonds is 4. The molecule has 0 spiro atoms. The molecule has 0 saturated heterocycles. The summed E-state index contributed by atoms with van der Waals surface area (Å²) < 4.78 is 2.32. The molecule has 0 aliphatic heterocycles. The second-order valence-corrected chi connectivity index (χ2v) is 8.05. The fourth-order valence-electron chi connectivity index (χ4n) is 1.62. The molecule has 0 bridgehead atoms. The Labute approximate surface area is 122 Å². The predicted octanol–water partition coefficient (Wildman–Crippen LogP) is 4.40. The molecule has 0 N–H and O–H groups in total. The maximum absolute atomic E-state index is 6.14. The van der Waals surface area contributed by atoms with E-state index in [4.69, 9.17) is 23.2 Å². The van der Waals surface area contributed by atoms with E-state index >= 15 is 0 Å². The van der Waals surface area contributed by atoms with Gasteiger partial charge in [-0.15, -0.1) is 0 Å². The van der Waals surface area contributed by atoms with E-state index in [1.165, 1.54) is 11.1 Å². The molecule has 84 valence electrons. The molecule has 0 aliphatic carbocycles. The molecule has 17 heavy (non-hydrogen) atoms. The number of hydrogen-bond donors (Lipinski definition) is 0. The molecule has 0 unspecified atom stereocenters. The summed E-state index contributed by atoms with van der Waals surface area (Å²) in [4.78, 5) is 0. The number of halogens is 2. The molecule has 0 radical (unpaired) electrons. The van der Waals surface area contributed by atoms with E-state index in [1.807, 2.05) is 24.3 Å². The monoisotopic (exact) mass is 370 g/mol. The van der Waals surface area contributed by atoms with Crippen LogP contribution in [0.25, 0.3) is 0 Å². The molecule has 0 aromatic heterocycles. The molecular formula is C14H12Cl2Sn+2. The summed E-state index contributed by atoms with van der Waals surface area (Å²) in [7, 11) is 0. The van der Waals surface area contributed by atoms with E-state index in [1.54, 1.807) is 0 Å². The van der Waals surface area contributed by atoms with Gasteiger partial charge in [-0.25, -0.2) is 0 Å². The quantitative estimate of drug-likeness (QED) is 0.701. The first-order valence-electron chi connectivity index (χ1n) is 5.45. The second kappa shape index (κ2) is 6.67. The topological polar surface area (TPSA) is 0 Å². The van der Waals surface area contributed by atoms with Crippen molar-refractivity contribution in [1.29, 1.82) is 0 Å². The van der Waals surface area contributed by atoms with Gasteiger partial charge in [0.15, 0.2) is 0 Å². The first kappa shape index (κ1) is 13.3. The van der Waals surface area contributed by atoms with Gasteiger partial charge in [-0.3, -0.25) is 0 Å². The molecule has 0 aliphatic rings. The van der Waals surface area contributed by atoms with Crippen LogP contribution in [0.2, 0.25) is 10.0 Å². The van der Waals surface area contributed by atoms with Gasteiger partial charge in [0.1, 0.15) is 0 Å². The van der Waals surface area contributed by atoms with Gasteiger partial charge in [0.2, 0.25) is 0 Å². The first-order chi connectivity index (χ1) is 8.27. The summed E-state index contributed by atoms with van der Waals surface area (Å²) >= 11 is 11.8. The van der Waals surface area contributed by atoms with Crippen molar-refractivity contribution in [3.63, 3.8) is 0 Å². The SMILES string of the molecule is Clc1ccccc1[CH2][Sn+2][CH2]c1ccccc1Cl. The predicted molar refractivity (Wildman–Crippen MR) is 76.1 cm³/mol. The molecular weight excluding hydrogens is 358 g/mol. The fourth-order valence-corrected chi connectivity index (χ4v) is 6.31. The summed E-state index contributed by atoms with van der Waals surface area (Å²) in [5.74, 6) is 0. The fraction of sp³-hybridized carbons (Fsp3) is 0.143. The van der Waals surface area contributed by atoms with Crippen LogP contribution in [0, 0.1) is 0 Å². The van der Waals surface area contributed by atoms with Crippen LogP contribution < -0.4 is 0 Å². The van der Waals surface area contributed by atoms with E-state index < -0.39 is 21.1 Å². The Morgan fingerprint density at radius 1 is 0.706 bits per heavy atom. The second-order valence-electron chi connectivity index (χ2n) is 3.79. The molecule has 0 fully saturated rings. The molecule has 2 aromatic carbocycles. The molecule has 2 rings (SSSR count). The Hall–Kier alpha value is -0.181. The average molecular weight is 370 g/mol. The van der Waals surface area contributed by atoms with Gasteiger partial charge in [-0.1, -0.05) is 0 Å². The molecule has 2 aromatic rings. The Balaban J connectivity index is 1.93. The van der Waals surface area contributed by atoms with E-state index in [-0.39, 0.29) is 0 Å². The van der Waals surface area contributed by atoms with Crippen LogP contribution in [0.3, 0.4) is 0 Å². The standard InChI is InChI=1S/2C7H6Cl.Sn/c2*1-6-4-2-3-5-7(6)8;/h2*2-5H,1H2;/q;;+2. The van der Waals surface area contributed by atoms with Gasteiger partial charge < -0.3 is 0 Å².